The molecule has 0 spiro atoms. The SMILES string of the molecule is CCOC1CCCN(c2cc(Cl)c3cnn(C)c3n2)C1. The molecular formula is C14H19ClN4O. The summed E-state index contributed by atoms with van der Waals surface area (Å²) >= 11 is 6.34. The average Bonchev–Trinajstić information content (AvgIpc) is 2.82. The molecule has 0 radical (unpaired) electrons. The van der Waals surface area contributed by atoms with Crippen molar-refractivity contribution in [3.63, 3.8) is 0 Å². The van der Waals surface area contributed by atoms with E-state index in [9.17, 15) is 0 Å². The number of piperidine rings is 1. The molecular weight excluding hydrogens is 276 g/mol. The third-order valence-electron chi connectivity index (χ3n) is 3.75. The van der Waals surface area contributed by atoms with Gasteiger partial charge in [-0.1, -0.05) is 11.6 Å². The number of nitrogens with zero attached hydrogens (tertiary/aromatic N) is 4. The van der Waals surface area contributed by atoms with Gasteiger partial charge in [0.1, 0.15) is 5.82 Å². The van der Waals surface area contributed by atoms with E-state index in [2.05, 4.69) is 10.00 Å². The zero-order valence-corrected chi connectivity index (χ0v) is 12.6. The minimum atomic E-state index is 0.288. The second kappa shape index (κ2) is 5.58. The van der Waals surface area contributed by atoms with E-state index in [1.807, 2.05) is 20.0 Å². The number of hydrogen-bond acceptors (Lipinski definition) is 4. The number of hydrogen-bond donors (Lipinski definition) is 0. The lowest BCUT2D eigenvalue weighted by Gasteiger charge is -2.33. The number of halogens is 1. The van der Waals surface area contributed by atoms with Crippen LogP contribution in [0, 0.1) is 0 Å². The molecule has 1 atom stereocenters. The monoisotopic (exact) mass is 294 g/mol. The van der Waals surface area contributed by atoms with E-state index in [1.165, 1.54) is 0 Å². The third kappa shape index (κ3) is 2.47. The summed E-state index contributed by atoms with van der Waals surface area (Å²) in [7, 11) is 1.88. The van der Waals surface area contributed by atoms with Crippen LogP contribution in [0.1, 0.15) is 19.8 Å². The van der Waals surface area contributed by atoms with Gasteiger partial charge < -0.3 is 9.64 Å². The number of aromatic nitrogens is 3. The second-order valence-electron chi connectivity index (χ2n) is 5.13. The summed E-state index contributed by atoms with van der Waals surface area (Å²) in [4.78, 5) is 6.95. The molecule has 0 amide bonds. The molecule has 0 N–H and O–H groups in total. The van der Waals surface area contributed by atoms with Gasteiger partial charge >= 0.3 is 0 Å². The van der Waals surface area contributed by atoms with E-state index in [1.54, 1.807) is 10.9 Å². The number of aryl methyl sites for hydroxylation is 1. The van der Waals surface area contributed by atoms with E-state index >= 15 is 0 Å². The fourth-order valence-electron chi connectivity index (χ4n) is 2.74. The maximum Gasteiger partial charge on any atom is 0.161 e. The first-order valence-electron chi connectivity index (χ1n) is 7.04. The second-order valence-corrected chi connectivity index (χ2v) is 5.54. The molecule has 0 aliphatic carbocycles. The number of fused-ring (bicyclic) bond motifs is 1. The van der Waals surface area contributed by atoms with Crippen LogP contribution < -0.4 is 4.90 Å². The van der Waals surface area contributed by atoms with Crippen LogP contribution in [0.3, 0.4) is 0 Å². The van der Waals surface area contributed by atoms with Crippen molar-refractivity contribution in [2.75, 3.05) is 24.6 Å². The Bertz CT molecular complexity index is 610. The van der Waals surface area contributed by atoms with Crippen molar-refractivity contribution in [3.8, 4) is 0 Å². The Morgan fingerprint density at radius 3 is 3.15 bits per heavy atom. The predicted octanol–water partition coefficient (Wildman–Crippen LogP) is 2.63. The van der Waals surface area contributed by atoms with Crippen molar-refractivity contribution in [2.45, 2.75) is 25.9 Å². The van der Waals surface area contributed by atoms with Crippen LogP contribution in [-0.4, -0.2) is 40.6 Å². The largest absolute Gasteiger partial charge is 0.377 e. The molecule has 0 aromatic carbocycles. The molecule has 1 unspecified atom stereocenters. The van der Waals surface area contributed by atoms with Crippen LogP contribution in [0.2, 0.25) is 5.02 Å². The predicted molar refractivity (Wildman–Crippen MR) is 80.4 cm³/mol. The molecule has 2 aromatic rings. The van der Waals surface area contributed by atoms with Crippen molar-refractivity contribution in [3.05, 3.63) is 17.3 Å². The zero-order chi connectivity index (χ0) is 14.1. The van der Waals surface area contributed by atoms with Gasteiger partial charge in [-0.05, 0) is 19.8 Å². The molecule has 5 nitrogen and oxygen atoms in total. The molecule has 3 rings (SSSR count). The van der Waals surface area contributed by atoms with Gasteiger partial charge in [0.05, 0.1) is 22.7 Å². The van der Waals surface area contributed by atoms with Crippen LogP contribution >= 0.6 is 11.6 Å². The molecule has 6 heteroatoms. The highest BCUT2D eigenvalue weighted by molar-refractivity contribution is 6.35. The van der Waals surface area contributed by atoms with Crippen LogP contribution in [-0.2, 0) is 11.8 Å². The summed E-state index contributed by atoms with van der Waals surface area (Å²) in [5.74, 6) is 0.913. The normalized spacial score (nSPS) is 19.8. The van der Waals surface area contributed by atoms with E-state index < -0.39 is 0 Å². The van der Waals surface area contributed by atoms with Gasteiger partial charge in [0.25, 0.3) is 0 Å². The number of anilines is 1. The minimum Gasteiger partial charge on any atom is -0.377 e. The lowest BCUT2D eigenvalue weighted by molar-refractivity contribution is 0.0525. The molecule has 3 heterocycles. The first-order chi connectivity index (χ1) is 9.69. The summed E-state index contributed by atoms with van der Waals surface area (Å²) in [6.45, 7) is 4.67. The first kappa shape index (κ1) is 13.6. The number of pyridine rings is 1. The summed E-state index contributed by atoms with van der Waals surface area (Å²) in [5.41, 5.74) is 0.825. The molecule has 1 saturated heterocycles. The van der Waals surface area contributed by atoms with Crippen molar-refractivity contribution in [2.24, 2.45) is 7.05 Å². The van der Waals surface area contributed by atoms with Crippen molar-refractivity contribution < 1.29 is 4.74 Å². The maximum absolute atomic E-state index is 6.34. The molecule has 0 bridgehead atoms. The molecule has 20 heavy (non-hydrogen) atoms. The van der Waals surface area contributed by atoms with E-state index in [0.29, 0.717) is 5.02 Å². The van der Waals surface area contributed by atoms with E-state index in [0.717, 1.165) is 49.4 Å². The van der Waals surface area contributed by atoms with Gasteiger partial charge in [-0.3, -0.25) is 4.68 Å². The molecule has 2 aromatic heterocycles. The molecule has 0 saturated carbocycles. The Kier molecular flexibility index (Phi) is 3.81. The standard InChI is InChI=1S/C14H19ClN4O/c1-3-20-10-5-4-6-19(9-10)13-7-12(15)11-8-16-18(2)14(11)17-13/h7-8,10H,3-6,9H2,1-2H3. The summed E-state index contributed by atoms with van der Waals surface area (Å²) in [5, 5.41) is 5.82. The fraction of sp³-hybridized carbons (Fsp3) is 0.571. The Morgan fingerprint density at radius 2 is 2.35 bits per heavy atom. The van der Waals surface area contributed by atoms with Crippen LogP contribution in [0.25, 0.3) is 11.0 Å². The highest BCUT2D eigenvalue weighted by Crippen LogP contribution is 2.28. The Labute approximate surface area is 123 Å². The zero-order valence-electron chi connectivity index (χ0n) is 11.8. The summed E-state index contributed by atoms with van der Waals surface area (Å²) in [6.07, 6.45) is 4.28. The van der Waals surface area contributed by atoms with Crippen molar-refractivity contribution >= 4 is 28.5 Å². The van der Waals surface area contributed by atoms with Crippen molar-refractivity contribution in [1.29, 1.82) is 0 Å². The van der Waals surface area contributed by atoms with Gasteiger partial charge in [0, 0.05) is 32.8 Å². The van der Waals surface area contributed by atoms with Gasteiger partial charge in [-0.25, -0.2) is 4.98 Å². The fourth-order valence-corrected chi connectivity index (χ4v) is 2.97. The van der Waals surface area contributed by atoms with Crippen LogP contribution in [0.15, 0.2) is 12.3 Å². The quantitative estimate of drug-likeness (QED) is 0.873. The summed E-state index contributed by atoms with van der Waals surface area (Å²) in [6, 6.07) is 1.93. The smallest absolute Gasteiger partial charge is 0.161 e. The van der Waals surface area contributed by atoms with Gasteiger partial charge in [-0.2, -0.15) is 5.10 Å². The molecule has 1 aliphatic rings. The molecule has 1 aliphatic heterocycles. The lowest BCUT2D eigenvalue weighted by Crippen LogP contribution is -2.40. The molecule has 1 fully saturated rings. The van der Waals surface area contributed by atoms with Crippen molar-refractivity contribution in [1.82, 2.24) is 14.8 Å². The Hall–Kier alpha value is -1.33. The third-order valence-corrected chi connectivity index (χ3v) is 4.06. The van der Waals surface area contributed by atoms with Gasteiger partial charge in [0.15, 0.2) is 5.65 Å². The number of ether oxygens (including phenoxy) is 1. The Balaban J connectivity index is 1.91. The minimum absolute atomic E-state index is 0.288. The first-order valence-corrected chi connectivity index (χ1v) is 7.41. The van der Waals surface area contributed by atoms with Crippen LogP contribution in [0.4, 0.5) is 5.82 Å². The van der Waals surface area contributed by atoms with E-state index in [-0.39, 0.29) is 6.10 Å². The summed E-state index contributed by atoms with van der Waals surface area (Å²) < 4.78 is 7.50. The highest BCUT2D eigenvalue weighted by atomic mass is 35.5. The average molecular weight is 295 g/mol. The molecule has 108 valence electrons. The Morgan fingerprint density at radius 1 is 1.50 bits per heavy atom. The van der Waals surface area contributed by atoms with Gasteiger partial charge in [0.2, 0.25) is 0 Å². The topological polar surface area (TPSA) is 43.2 Å². The maximum atomic E-state index is 6.34. The lowest BCUT2D eigenvalue weighted by atomic mass is 10.1. The van der Waals surface area contributed by atoms with Crippen LogP contribution in [0.5, 0.6) is 0 Å². The number of rotatable bonds is 3. The van der Waals surface area contributed by atoms with E-state index in [4.69, 9.17) is 21.3 Å². The van der Waals surface area contributed by atoms with Gasteiger partial charge in [-0.15, -0.1) is 0 Å². The highest BCUT2D eigenvalue weighted by Gasteiger charge is 2.22.